The number of nitrogens with one attached hydrogen (secondary N) is 2. The molecule has 2 aliphatic rings. The van der Waals surface area contributed by atoms with Crippen molar-refractivity contribution in [1.82, 2.24) is 25.1 Å². The van der Waals surface area contributed by atoms with E-state index in [0.29, 0.717) is 47.8 Å². The molecule has 2 aromatic heterocycles. The molecule has 0 bridgehead atoms. The molecule has 1 fully saturated rings. The Balaban J connectivity index is 1.36. The molecular formula is C25H27N7O2. The second-order valence-electron chi connectivity index (χ2n) is 9.56. The molecule has 34 heavy (non-hydrogen) atoms. The van der Waals surface area contributed by atoms with Crippen molar-refractivity contribution in [2.24, 2.45) is 0 Å². The van der Waals surface area contributed by atoms with Crippen LogP contribution in [0.3, 0.4) is 0 Å². The van der Waals surface area contributed by atoms with Gasteiger partial charge < -0.3 is 16.0 Å². The molecule has 174 valence electrons. The zero-order valence-electron chi connectivity index (χ0n) is 19.3. The van der Waals surface area contributed by atoms with Crippen LogP contribution in [-0.2, 0) is 11.8 Å². The van der Waals surface area contributed by atoms with Crippen LogP contribution in [0.1, 0.15) is 58.7 Å². The number of piperidine rings is 1. The van der Waals surface area contributed by atoms with Crippen molar-refractivity contribution in [2.45, 2.75) is 38.5 Å². The molecule has 1 saturated heterocycles. The highest BCUT2D eigenvalue weighted by Crippen LogP contribution is 2.42. The fourth-order valence-corrected chi connectivity index (χ4v) is 4.76. The van der Waals surface area contributed by atoms with E-state index in [2.05, 4.69) is 45.9 Å². The minimum absolute atomic E-state index is 0.00609. The predicted molar refractivity (Wildman–Crippen MR) is 129 cm³/mol. The number of aromatic nitrogens is 4. The summed E-state index contributed by atoms with van der Waals surface area (Å²) in [7, 11) is 0. The Hall–Kier alpha value is -4.01. The van der Waals surface area contributed by atoms with Crippen LogP contribution >= 0.6 is 0 Å². The third kappa shape index (κ3) is 3.83. The summed E-state index contributed by atoms with van der Waals surface area (Å²) in [5.74, 6) is -0.160. The number of nitrogens with zero attached hydrogens (tertiary/aromatic N) is 4. The molecule has 4 N–H and O–H groups in total. The standard InChI is InChI=1S/C25H27N7O2/c1-14-8-10-32(11-9-14)23(34)15-4-6-17(7-5-15)28-22(33)21-18-20(30-31-21)19-16(12-25(18,2)3)13-27-24(26)29-19/h4-7,13H,1,8-12H2,2-3H3,(H,28,33)(H,30,31)(H2,26,27,29). The van der Waals surface area contributed by atoms with Crippen molar-refractivity contribution in [1.29, 1.82) is 0 Å². The average Bonchev–Trinajstić information content (AvgIpc) is 3.27. The first-order valence-electron chi connectivity index (χ1n) is 11.3. The van der Waals surface area contributed by atoms with Gasteiger partial charge in [0.1, 0.15) is 0 Å². The highest BCUT2D eigenvalue weighted by molar-refractivity contribution is 6.05. The zero-order valence-corrected chi connectivity index (χ0v) is 19.3. The number of amides is 2. The van der Waals surface area contributed by atoms with Gasteiger partial charge in [-0.25, -0.2) is 9.97 Å². The number of fused-ring (bicyclic) bond motifs is 3. The molecule has 1 aromatic carbocycles. The fourth-order valence-electron chi connectivity index (χ4n) is 4.76. The number of anilines is 2. The number of aromatic amines is 1. The van der Waals surface area contributed by atoms with Crippen LogP contribution in [0.15, 0.2) is 42.6 Å². The van der Waals surface area contributed by atoms with Gasteiger partial charge in [0.25, 0.3) is 11.8 Å². The van der Waals surface area contributed by atoms with Gasteiger partial charge in [-0.15, -0.1) is 0 Å². The van der Waals surface area contributed by atoms with Crippen LogP contribution in [0, 0.1) is 0 Å². The number of hydrogen-bond donors (Lipinski definition) is 3. The largest absolute Gasteiger partial charge is 0.368 e. The third-order valence-corrected chi connectivity index (χ3v) is 6.56. The molecule has 5 rings (SSSR count). The maximum Gasteiger partial charge on any atom is 0.276 e. The lowest BCUT2D eigenvalue weighted by molar-refractivity contribution is 0.0743. The van der Waals surface area contributed by atoms with E-state index in [1.165, 1.54) is 5.57 Å². The highest BCUT2D eigenvalue weighted by atomic mass is 16.2. The van der Waals surface area contributed by atoms with Gasteiger partial charge in [-0.05, 0) is 54.5 Å². The van der Waals surface area contributed by atoms with Gasteiger partial charge in [0.15, 0.2) is 5.69 Å². The van der Waals surface area contributed by atoms with E-state index in [9.17, 15) is 9.59 Å². The van der Waals surface area contributed by atoms with E-state index in [4.69, 9.17) is 5.73 Å². The van der Waals surface area contributed by atoms with Crippen molar-refractivity contribution in [2.75, 3.05) is 24.1 Å². The van der Waals surface area contributed by atoms with E-state index < -0.39 is 0 Å². The van der Waals surface area contributed by atoms with Crippen LogP contribution in [0.2, 0.25) is 0 Å². The predicted octanol–water partition coefficient (Wildman–Crippen LogP) is 3.33. The summed E-state index contributed by atoms with van der Waals surface area (Å²) in [5, 5.41) is 10.2. The number of benzene rings is 1. The van der Waals surface area contributed by atoms with E-state index >= 15 is 0 Å². The summed E-state index contributed by atoms with van der Waals surface area (Å²) in [6.07, 6.45) is 4.07. The van der Waals surface area contributed by atoms with Gasteiger partial charge in [0.05, 0.1) is 11.4 Å². The smallest absolute Gasteiger partial charge is 0.276 e. The van der Waals surface area contributed by atoms with Crippen molar-refractivity contribution in [3.63, 3.8) is 0 Å². The Kier molecular flexibility index (Phi) is 5.19. The molecule has 0 unspecified atom stereocenters. The van der Waals surface area contributed by atoms with Crippen molar-refractivity contribution in [3.8, 4) is 11.4 Å². The Morgan fingerprint density at radius 3 is 2.59 bits per heavy atom. The average molecular weight is 458 g/mol. The lowest BCUT2D eigenvalue weighted by Crippen LogP contribution is -2.36. The first-order chi connectivity index (χ1) is 16.2. The molecule has 1 aliphatic heterocycles. The number of likely N-dealkylation sites (tertiary alicyclic amines) is 1. The molecule has 0 atom stereocenters. The van der Waals surface area contributed by atoms with Crippen LogP contribution in [0.4, 0.5) is 11.6 Å². The van der Waals surface area contributed by atoms with E-state index in [1.807, 2.05) is 4.90 Å². The van der Waals surface area contributed by atoms with E-state index in [1.54, 1.807) is 30.5 Å². The van der Waals surface area contributed by atoms with Gasteiger partial charge in [0.2, 0.25) is 5.95 Å². The Morgan fingerprint density at radius 1 is 1.18 bits per heavy atom. The molecule has 0 radical (unpaired) electrons. The summed E-state index contributed by atoms with van der Waals surface area (Å²) >= 11 is 0. The second kappa shape index (κ2) is 8.09. The summed E-state index contributed by atoms with van der Waals surface area (Å²) < 4.78 is 0. The topological polar surface area (TPSA) is 130 Å². The zero-order chi connectivity index (χ0) is 24.0. The summed E-state index contributed by atoms with van der Waals surface area (Å²) in [5.41, 5.74) is 11.3. The minimum Gasteiger partial charge on any atom is -0.368 e. The highest BCUT2D eigenvalue weighted by Gasteiger charge is 2.38. The number of rotatable bonds is 3. The van der Waals surface area contributed by atoms with E-state index in [-0.39, 0.29) is 23.2 Å². The fraction of sp³-hybridized carbons (Fsp3) is 0.320. The maximum absolute atomic E-state index is 13.2. The van der Waals surface area contributed by atoms with Crippen molar-refractivity contribution in [3.05, 3.63) is 65.0 Å². The van der Waals surface area contributed by atoms with Crippen LogP contribution in [0.5, 0.6) is 0 Å². The monoisotopic (exact) mass is 457 g/mol. The third-order valence-electron chi connectivity index (χ3n) is 6.56. The van der Waals surface area contributed by atoms with Crippen LogP contribution in [-0.4, -0.2) is 50.0 Å². The quantitative estimate of drug-likeness (QED) is 0.517. The Labute approximate surface area is 197 Å². The lowest BCUT2D eigenvalue weighted by atomic mass is 9.73. The minimum atomic E-state index is -0.350. The number of carbonyl (C=O) groups is 2. The second-order valence-corrected chi connectivity index (χ2v) is 9.56. The molecule has 1 aliphatic carbocycles. The molecule has 0 spiro atoms. The molecular weight excluding hydrogens is 430 g/mol. The summed E-state index contributed by atoms with van der Waals surface area (Å²) in [6.45, 7) is 9.50. The number of nitrogen functional groups attached to an aromatic ring is 1. The number of hydrogen-bond acceptors (Lipinski definition) is 6. The van der Waals surface area contributed by atoms with Crippen molar-refractivity contribution >= 4 is 23.5 Å². The van der Waals surface area contributed by atoms with Gasteiger partial charge in [-0.1, -0.05) is 26.0 Å². The Morgan fingerprint density at radius 2 is 1.88 bits per heavy atom. The lowest BCUT2D eigenvalue weighted by Gasteiger charge is -2.31. The molecule has 0 saturated carbocycles. The molecule has 9 heteroatoms. The molecule has 3 heterocycles. The SMILES string of the molecule is C=C1CCN(C(=O)c2ccc(NC(=O)c3n[nH]c4c3C(C)(C)Cc3cnc(N)nc3-4)cc2)CC1. The molecule has 3 aromatic rings. The summed E-state index contributed by atoms with van der Waals surface area (Å²) in [4.78, 5) is 36.2. The summed E-state index contributed by atoms with van der Waals surface area (Å²) in [6, 6.07) is 6.95. The number of H-pyrrole nitrogens is 1. The normalized spacial score (nSPS) is 16.5. The molecule has 2 amide bonds. The molecule has 9 nitrogen and oxygen atoms in total. The van der Waals surface area contributed by atoms with Gasteiger partial charge in [-0.2, -0.15) is 5.10 Å². The van der Waals surface area contributed by atoms with Gasteiger partial charge >= 0.3 is 0 Å². The maximum atomic E-state index is 13.2. The first-order valence-corrected chi connectivity index (χ1v) is 11.3. The van der Waals surface area contributed by atoms with Crippen LogP contribution < -0.4 is 11.1 Å². The van der Waals surface area contributed by atoms with Gasteiger partial charge in [0, 0.05) is 36.1 Å². The van der Waals surface area contributed by atoms with Crippen molar-refractivity contribution < 1.29 is 9.59 Å². The van der Waals surface area contributed by atoms with Gasteiger partial charge in [-0.3, -0.25) is 14.7 Å². The van der Waals surface area contributed by atoms with Crippen LogP contribution in [0.25, 0.3) is 11.4 Å². The number of nitrogens with two attached hydrogens (primary N) is 1. The Bertz CT molecular complexity index is 1300. The number of carbonyl (C=O) groups excluding carboxylic acids is 2. The van der Waals surface area contributed by atoms with E-state index in [0.717, 1.165) is 24.0 Å². The first kappa shape index (κ1) is 21.8.